The normalized spacial score (nSPS) is 16.8. The standard InChI is InChI=1S/C12H13N3O2/c16-11(12-13-7-14-15-12)8-2-1-3-10(6-8)17-9-4-5-9/h1-3,6-7,9,11,16H,4-5H2,(H,13,14,15). The topological polar surface area (TPSA) is 71.0 Å². The van der Waals surface area contributed by atoms with Crippen molar-refractivity contribution in [1.29, 1.82) is 0 Å². The van der Waals surface area contributed by atoms with Crippen LogP contribution in [0.1, 0.15) is 30.3 Å². The molecule has 1 aliphatic rings. The van der Waals surface area contributed by atoms with Gasteiger partial charge in [0.25, 0.3) is 0 Å². The van der Waals surface area contributed by atoms with Crippen molar-refractivity contribution in [3.63, 3.8) is 0 Å². The van der Waals surface area contributed by atoms with Crippen molar-refractivity contribution >= 4 is 0 Å². The molecule has 1 heterocycles. The molecule has 1 aromatic carbocycles. The molecule has 2 N–H and O–H groups in total. The van der Waals surface area contributed by atoms with Crippen molar-refractivity contribution in [2.75, 3.05) is 0 Å². The Bertz CT molecular complexity index is 494. The molecule has 5 heteroatoms. The van der Waals surface area contributed by atoms with Gasteiger partial charge >= 0.3 is 0 Å². The minimum Gasteiger partial charge on any atom is -0.490 e. The van der Waals surface area contributed by atoms with Gasteiger partial charge in [-0.15, -0.1) is 0 Å². The number of aromatic amines is 1. The predicted molar refractivity (Wildman–Crippen MR) is 60.5 cm³/mol. The van der Waals surface area contributed by atoms with Gasteiger partial charge in [0.05, 0.1) is 6.10 Å². The van der Waals surface area contributed by atoms with Crippen molar-refractivity contribution < 1.29 is 9.84 Å². The van der Waals surface area contributed by atoms with Crippen molar-refractivity contribution in [2.24, 2.45) is 0 Å². The smallest absolute Gasteiger partial charge is 0.157 e. The highest BCUT2D eigenvalue weighted by molar-refractivity contribution is 5.32. The summed E-state index contributed by atoms with van der Waals surface area (Å²) in [5.41, 5.74) is 0.750. The molecule has 3 rings (SSSR count). The van der Waals surface area contributed by atoms with E-state index < -0.39 is 6.10 Å². The van der Waals surface area contributed by atoms with Gasteiger partial charge in [-0.2, -0.15) is 5.10 Å². The van der Waals surface area contributed by atoms with Crippen LogP contribution in [0.15, 0.2) is 30.6 Å². The first-order valence-corrected chi connectivity index (χ1v) is 5.63. The maximum absolute atomic E-state index is 10.1. The van der Waals surface area contributed by atoms with Gasteiger partial charge in [0.1, 0.15) is 18.2 Å². The predicted octanol–water partition coefficient (Wildman–Crippen LogP) is 1.43. The second-order valence-electron chi connectivity index (χ2n) is 4.16. The SMILES string of the molecule is OC(c1cccc(OC2CC2)c1)c1ncn[nH]1. The first kappa shape index (κ1) is 10.3. The molecule has 88 valence electrons. The summed E-state index contributed by atoms with van der Waals surface area (Å²) >= 11 is 0. The van der Waals surface area contributed by atoms with Crippen LogP contribution in [-0.4, -0.2) is 26.4 Å². The lowest BCUT2D eigenvalue weighted by atomic mass is 10.1. The summed E-state index contributed by atoms with van der Waals surface area (Å²) < 4.78 is 5.68. The van der Waals surface area contributed by atoms with Crippen molar-refractivity contribution in [3.05, 3.63) is 42.0 Å². The third-order valence-electron chi connectivity index (χ3n) is 2.69. The van der Waals surface area contributed by atoms with Crippen LogP contribution in [0, 0.1) is 0 Å². The monoisotopic (exact) mass is 231 g/mol. The van der Waals surface area contributed by atoms with Gasteiger partial charge in [0, 0.05) is 0 Å². The molecule has 0 bridgehead atoms. The summed E-state index contributed by atoms with van der Waals surface area (Å²) in [6.45, 7) is 0. The molecule has 0 amide bonds. The number of ether oxygens (including phenoxy) is 1. The van der Waals surface area contributed by atoms with Gasteiger partial charge in [0.2, 0.25) is 0 Å². The number of rotatable bonds is 4. The van der Waals surface area contributed by atoms with Crippen LogP contribution >= 0.6 is 0 Å². The Morgan fingerprint density at radius 2 is 2.29 bits per heavy atom. The average Bonchev–Trinajstić information content (AvgIpc) is 2.99. The summed E-state index contributed by atoms with van der Waals surface area (Å²) in [7, 11) is 0. The number of aliphatic hydroxyl groups excluding tert-OH is 1. The highest BCUT2D eigenvalue weighted by Gasteiger charge is 2.24. The Morgan fingerprint density at radius 1 is 1.41 bits per heavy atom. The molecule has 1 aromatic heterocycles. The molecular formula is C12H13N3O2. The summed E-state index contributed by atoms with van der Waals surface area (Å²) in [4.78, 5) is 3.94. The zero-order valence-corrected chi connectivity index (χ0v) is 9.21. The third-order valence-corrected chi connectivity index (χ3v) is 2.69. The molecule has 5 nitrogen and oxygen atoms in total. The van der Waals surface area contributed by atoms with Crippen LogP contribution < -0.4 is 4.74 Å². The van der Waals surface area contributed by atoms with Crippen molar-refractivity contribution in [1.82, 2.24) is 15.2 Å². The van der Waals surface area contributed by atoms with Crippen molar-refractivity contribution in [3.8, 4) is 5.75 Å². The van der Waals surface area contributed by atoms with Crippen LogP contribution in [0.5, 0.6) is 5.75 Å². The first-order valence-electron chi connectivity index (χ1n) is 5.63. The summed E-state index contributed by atoms with van der Waals surface area (Å²) in [6.07, 6.45) is 3.18. The maximum Gasteiger partial charge on any atom is 0.157 e. The number of hydrogen-bond acceptors (Lipinski definition) is 4. The second kappa shape index (κ2) is 4.18. The molecule has 1 saturated carbocycles. The first-order chi connectivity index (χ1) is 8.33. The van der Waals surface area contributed by atoms with E-state index in [4.69, 9.17) is 4.74 Å². The fourth-order valence-corrected chi connectivity index (χ4v) is 1.64. The lowest BCUT2D eigenvalue weighted by molar-refractivity contribution is 0.209. The van der Waals surface area contributed by atoms with Crippen LogP contribution in [0.3, 0.4) is 0 Å². The number of benzene rings is 1. The molecule has 0 spiro atoms. The number of H-pyrrole nitrogens is 1. The Labute approximate surface area is 98.5 Å². The minimum absolute atomic E-state index is 0.354. The highest BCUT2D eigenvalue weighted by Crippen LogP contribution is 2.29. The summed E-state index contributed by atoms with van der Waals surface area (Å²) in [6, 6.07) is 7.44. The van der Waals surface area contributed by atoms with E-state index in [0.717, 1.165) is 24.2 Å². The van der Waals surface area contributed by atoms with Crippen LogP contribution in [0.25, 0.3) is 0 Å². The molecule has 1 fully saturated rings. The van der Waals surface area contributed by atoms with E-state index in [0.29, 0.717) is 11.9 Å². The summed E-state index contributed by atoms with van der Waals surface area (Å²) in [5, 5.41) is 16.4. The van der Waals surface area contributed by atoms with Crippen LogP contribution in [-0.2, 0) is 0 Å². The van der Waals surface area contributed by atoms with Gasteiger partial charge in [0.15, 0.2) is 5.82 Å². The van der Waals surface area contributed by atoms with E-state index in [2.05, 4.69) is 15.2 Å². The second-order valence-corrected chi connectivity index (χ2v) is 4.16. The largest absolute Gasteiger partial charge is 0.490 e. The fraction of sp³-hybridized carbons (Fsp3) is 0.333. The number of nitrogens with one attached hydrogen (secondary N) is 1. The Kier molecular flexibility index (Phi) is 2.53. The molecule has 1 atom stereocenters. The third kappa shape index (κ3) is 2.29. The molecule has 0 saturated heterocycles. The van der Waals surface area contributed by atoms with Gasteiger partial charge in [-0.25, -0.2) is 4.98 Å². The molecule has 0 radical (unpaired) electrons. The summed E-state index contributed by atoms with van der Waals surface area (Å²) in [5.74, 6) is 1.23. The molecular weight excluding hydrogens is 218 g/mol. The molecule has 1 unspecified atom stereocenters. The van der Waals surface area contributed by atoms with Crippen LogP contribution in [0.4, 0.5) is 0 Å². The maximum atomic E-state index is 10.1. The lowest BCUT2D eigenvalue weighted by Gasteiger charge is -2.10. The quantitative estimate of drug-likeness (QED) is 0.835. The van der Waals surface area contributed by atoms with Gasteiger partial charge in [-0.05, 0) is 30.5 Å². The Balaban J connectivity index is 1.81. The lowest BCUT2D eigenvalue weighted by Crippen LogP contribution is -2.03. The van der Waals surface area contributed by atoms with E-state index in [-0.39, 0.29) is 0 Å². The van der Waals surface area contributed by atoms with Gasteiger partial charge in [-0.3, -0.25) is 5.10 Å². The highest BCUT2D eigenvalue weighted by atomic mass is 16.5. The minimum atomic E-state index is -0.791. The molecule has 0 aliphatic heterocycles. The Hall–Kier alpha value is -1.88. The number of nitrogens with zero attached hydrogens (tertiary/aromatic N) is 2. The van der Waals surface area contributed by atoms with E-state index in [1.807, 2.05) is 24.3 Å². The molecule has 2 aromatic rings. The zero-order valence-electron chi connectivity index (χ0n) is 9.21. The van der Waals surface area contributed by atoms with E-state index in [1.54, 1.807) is 0 Å². The fourth-order valence-electron chi connectivity index (χ4n) is 1.64. The van der Waals surface area contributed by atoms with Gasteiger partial charge in [-0.1, -0.05) is 12.1 Å². The average molecular weight is 231 g/mol. The Morgan fingerprint density at radius 3 is 3.00 bits per heavy atom. The number of aromatic nitrogens is 3. The van der Waals surface area contributed by atoms with E-state index >= 15 is 0 Å². The zero-order chi connectivity index (χ0) is 11.7. The molecule has 1 aliphatic carbocycles. The number of aliphatic hydroxyl groups is 1. The van der Waals surface area contributed by atoms with Crippen LogP contribution in [0.2, 0.25) is 0 Å². The van der Waals surface area contributed by atoms with E-state index in [1.165, 1.54) is 6.33 Å². The van der Waals surface area contributed by atoms with Gasteiger partial charge < -0.3 is 9.84 Å². The van der Waals surface area contributed by atoms with Crippen molar-refractivity contribution in [2.45, 2.75) is 25.0 Å². The number of hydrogen-bond donors (Lipinski definition) is 2. The van der Waals surface area contributed by atoms with E-state index in [9.17, 15) is 5.11 Å². The molecule has 17 heavy (non-hydrogen) atoms.